The van der Waals surface area contributed by atoms with Crippen molar-refractivity contribution in [1.29, 1.82) is 0 Å². The normalized spacial score (nSPS) is 9.67. The summed E-state index contributed by atoms with van der Waals surface area (Å²) in [5.74, 6) is -0.236. The molecule has 48 valence electrons. The maximum absolute atomic E-state index is 12.4. The number of hydrogen-bond acceptors (Lipinski definition) is 1. The molecule has 0 atom stereocenters. The van der Waals surface area contributed by atoms with Crippen LogP contribution in [0.1, 0.15) is 11.4 Å². The zero-order valence-corrected chi connectivity index (χ0v) is 5.48. The summed E-state index contributed by atoms with van der Waals surface area (Å²) in [6.07, 6.45) is 0. The molecular formula is C7H8FN. The lowest BCUT2D eigenvalue weighted by Gasteiger charge is -1.94. The van der Waals surface area contributed by atoms with E-state index in [1.807, 2.05) is 6.92 Å². The van der Waals surface area contributed by atoms with Crippen molar-refractivity contribution in [1.82, 2.24) is 4.98 Å². The molecule has 0 aliphatic heterocycles. The first-order valence-corrected chi connectivity index (χ1v) is 2.80. The molecule has 2 heteroatoms. The molecule has 1 nitrogen and oxygen atoms in total. The van der Waals surface area contributed by atoms with Crippen molar-refractivity contribution >= 4 is 0 Å². The van der Waals surface area contributed by atoms with E-state index in [2.05, 4.69) is 4.98 Å². The average Bonchev–Trinajstić information content (AvgIpc) is 1.80. The predicted molar refractivity (Wildman–Crippen MR) is 33.7 cm³/mol. The molecule has 0 amide bonds. The Balaban J connectivity index is 3.17. The van der Waals surface area contributed by atoms with Gasteiger partial charge in [-0.3, -0.25) is 4.98 Å². The van der Waals surface area contributed by atoms with Crippen molar-refractivity contribution in [3.63, 3.8) is 0 Å². The molecule has 0 aliphatic carbocycles. The second-order valence-electron chi connectivity index (χ2n) is 2.02. The SMILES string of the molecule is Cc1ccc(F)c(C)n1. The fourth-order valence-electron chi connectivity index (χ4n) is 0.670. The lowest BCUT2D eigenvalue weighted by molar-refractivity contribution is 0.608. The van der Waals surface area contributed by atoms with E-state index in [9.17, 15) is 4.39 Å². The van der Waals surface area contributed by atoms with E-state index in [-0.39, 0.29) is 5.82 Å². The van der Waals surface area contributed by atoms with Gasteiger partial charge in [-0.2, -0.15) is 0 Å². The highest BCUT2D eigenvalue weighted by atomic mass is 19.1. The molecule has 9 heavy (non-hydrogen) atoms. The van der Waals surface area contributed by atoms with Crippen LogP contribution in [-0.4, -0.2) is 4.98 Å². The fourth-order valence-corrected chi connectivity index (χ4v) is 0.670. The van der Waals surface area contributed by atoms with Crippen molar-refractivity contribution in [3.05, 3.63) is 29.3 Å². The van der Waals surface area contributed by atoms with Crippen LogP contribution in [0.2, 0.25) is 0 Å². The van der Waals surface area contributed by atoms with E-state index in [1.54, 1.807) is 13.0 Å². The van der Waals surface area contributed by atoms with Gasteiger partial charge in [0.25, 0.3) is 0 Å². The highest BCUT2D eigenvalue weighted by molar-refractivity contribution is 5.10. The molecule has 0 fully saturated rings. The van der Waals surface area contributed by atoms with Crippen LogP contribution in [-0.2, 0) is 0 Å². The first-order chi connectivity index (χ1) is 4.20. The number of aromatic nitrogens is 1. The van der Waals surface area contributed by atoms with Crippen molar-refractivity contribution in [2.75, 3.05) is 0 Å². The Bertz CT molecular complexity index is 220. The maximum Gasteiger partial charge on any atom is 0.144 e. The monoisotopic (exact) mass is 125 g/mol. The second-order valence-corrected chi connectivity index (χ2v) is 2.02. The Kier molecular flexibility index (Phi) is 1.47. The zero-order chi connectivity index (χ0) is 6.85. The molecule has 0 N–H and O–H groups in total. The van der Waals surface area contributed by atoms with Crippen LogP contribution < -0.4 is 0 Å². The molecule has 0 saturated heterocycles. The molecule has 1 aromatic rings. The maximum atomic E-state index is 12.4. The summed E-state index contributed by atoms with van der Waals surface area (Å²) < 4.78 is 12.4. The number of hydrogen-bond donors (Lipinski definition) is 0. The van der Waals surface area contributed by atoms with E-state index in [4.69, 9.17) is 0 Å². The summed E-state index contributed by atoms with van der Waals surface area (Å²) in [4.78, 5) is 3.90. The van der Waals surface area contributed by atoms with Crippen LogP contribution in [0.25, 0.3) is 0 Å². The van der Waals surface area contributed by atoms with E-state index in [1.165, 1.54) is 6.07 Å². The minimum atomic E-state index is -0.236. The van der Waals surface area contributed by atoms with Gasteiger partial charge in [0.2, 0.25) is 0 Å². The van der Waals surface area contributed by atoms with Crippen LogP contribution in [0.4, 0.5) is 4.39 Å². The highest BCUT2D eigenvalue weighted by Crippen LogP contribution is 2.02. The summed E-state index contributed by atoms with van der Waals surface area (Å²) in [5, 5.41) is 0. The molecule has 1 aromatic heterocycles. The van der Waals surface area contributed by atoms with Gasteiger partial charge in [-0.25, -0.2) is 4.39 Å². The van der Waals surface area contributed by atoms with Crippen LogP contribution in [0.5, 0.6) is 0 Å². The first-order valence-electron chi connectivity index (χ1n) is 2.80. The van der Waals surface area contributed by atoms with Crippen LogP contribution in [0.3, 0.4) is 0 Å². The number of rotatable bonds is 0. The third kappa shape index (κ3) is 1.25. The van der Waals surface area contributed by atoms with E-state index in [0.29, 0.717) is 5.69 Å². The molecular weight excluding hydrogens is 117 g/mol. The molecule has 0 spiro atoms. The standard InChI is InChI=1S/C7H8FN/c1-5-3-4-7(8)6(2)9-5/h3-4H,1-2H3. The van der Waals surface area contributed by atoms with Crippen molar-refractivity contribution in [2.45, 2.75) is 13.8 Å². The van der Waals surface area contributed by atoms with Crippen molar-refractivity contribution in [3.8, 4) is 0 Å². The van der Waals surface area contributed by atoms with Gasteiger partial charge >= 0.3 is 0 Å². The lowest BCUT2D eigenvalue weighted by atomic mass is 10.3. The summed E-state index contributed by atoms with van der Waals surface area (Å²) in [6, 6.07) is 3.08. The Morgan fingerprint density at radius 2 is 2.00 bits per heavy atom. The highest BCUT2D eigenvalue weighted by Gasteiger charge is 1.94. The molecule has 1 rings (SSSR count). The van der Waals surface area contributed by atoms with Crippen LogP contribution in [0.15, 0.2) is 12.1 Å². The van der Waals surface area contributed by atoms with Gasteiger partial charge in [0.05, 0.1) is 5.69 Å². The van der Waals surface area contributed by atoms with E-state index >= 15 is 0 Å². The minimum absolute atomic E-state index is 0.236. The summed E-state index contributed by atoms with van der Waals surface area (Å²) >= 11 is 0. The lowest BCUT2D eigenvalue weighted by Crippen LogP contribution is -1.88. The molecule has 1 heterocycles. The van der Waals surface area contributed by atoms with Gasteiger partial charge in [0.15, 0.2) is 0 Å². The number of aryl methyl sites for hydroxylation is 2. The van der Waals surface area contributed by atoms with E-state index < -0.39 is 0 Å². The van der Waals surface area contributed by atoms with Gasteiger partial charge in [0, 0.05) is 5.69 Å². The Labute approximate surface area is 53.5 Å². The zero-order valence-electron chi connectivity index (χ0n) is 5.48. The third-order valence-corrected chi connectivity index (χ3v) is 1.16. The minimum Gasteiger partial charge on any atom is -0.255 e. The smallest absolute Gasteiger partial charge is 0.144 e. The molecule has 0 aliphatic rings. The third-order valence-electron chi connectivity index (χ3n) is 1.16. The van der Waals surface area contributed by atoms with Gasteiger partial charge in [-0.1, -0.05) is 0 Å². The molecule has 0 radical (unpaired) electrons. The van der Waals surface area contributed by atoms with Crippen LogP contribution >= 0.6 is 0 Å². The van der Waals surface area contributed by atoms with Crippen LogP contribution in [0, 0.1) is 19.7 Å². The topological polar surface area (TPSA) is 12.9 Å². The van der Waals surface area contributed by atoms with Gasteiger partial charge < -0.3 is 0 Å². The second kappa shape index (κ2) is 2.13. The largest absolute Gasteiger partial charge is 0.255 e. The number of halogens is 1. The Morgan fingerprint density at radius 1 is 1.33 bits per heavy atom. The fraction of sp³-hybridized carbons (Fsp3) is 0.286. The Hall–Kier alpha value is -0.920. The number of nitrogens with zero attached hydrogens (tertiary/aromatic N) is 1. The Morgan fingerprint density at radius 3 is 2.44 bits per heavy atom. The van der Waals surface area contributed by atoms with Crippen molar-refractivity contribution in [2.24, 2.45) is 0 Å². The molecule has 0 aromatic carbocycles. The number of pyridine rings is 1. The summed E-state index contributed by atoms with van der Waals surface area (Å²) in [5.41, 5.74) is 1.32. The predicted octanol–water partition coefficient (Wildman–Crippen LogP) is 1.84. The first kappa shape index (κ1) is 6.20. The summed E-state index contributed by atoms with van der Waals surface area (Å²) in [7, 11) is 0. The summed E-state index contributed by atoms with van der Waals surface area (Å²) in [6.45, 7) is 3.49. The average molecular weight is 125 g/mol. The van der Waals surface area contributed by atoms with Gasteiger partial charge in [-0.15, -0.1) is 0 Å². The molecule has 0 saturated carbocycles. The van der Waals surface area contributed by atoms with Crippen molar-refractivity contribution < 1.29 is 4.39 Å². The quantitative estimate of drug-likeness (QED) is 0.515. The molecule has 0 unspecified atom stereocenters. The van der Waals surface area contributed by atoms with Gasteiger partial charge in [-0.05, 0) is 26.0 Å². The molecule has 0 bridgehead atoms. The van der Waals surface area contributed by atoms with E-state index in [0.717, 1.165) is 5.69 Å². The van der Waals surface area contributed by atoms with Gasteiger partial charge in [0.1, 0.15) is 5.82 Å².